The summed E-state index contributed by atoms with van der Waals surface area (Å²) in [6, 6.07) is 1.62. The molecule has 2 N–H and O–H groups in total. The van der Waals surface area contributed by atoms with Crippen LogP contribution in [0.3, 0.4) is 0 Å². The van der Waals surface area contributed by atoms with Crippen molar-refractivity contribution in [2.24, 2.45) is 11.7 Å². The van der Waals surface area contributed by atoms with E-state index in [1.807, 2.05) is 0 Å². The first-order valence-electron chi connectivity index (χ1n) is 4.03. The van der Waals surface area contributed by atoms with E-state index in [2.05, 4.69) is 0 Å². The van der Waals surface area contributed by atoms with Crippen LogP contribution >= 0.6 is 0 Å². The summed E-state index contributed by atoms with van der Waals surface area (Å²) in [5.41, 5.74) is 4.46. The van der Waals surface area contributed by atoms with Gasteiger partial charge < -0.3 is 10.2 Å². The van der Waals surface area contributed by atoms with E-state index in [0.717, 1.165) is 0 Å². The van der Waals surface area contributed by atoms with E-state index in [0.29, 0.717) is 5.56 Å². The summed E-state index contributed by atoms with van der Waals surface area (Å²) in [7, 11) is 0. The van der Waals surface area contributed by atoms with Gasteiger partial charge in [-0.15, -0.1) is 0 Å². The highest BCUT2D eigenvalue weighted by Gasteiger charge is 2.35. The van der Waals surface area contributed by atoms with Gasteiger partial charge in [-0.3, -0.25) is 0 Å². The second-order valence-electron chi connectivity index (χ2n) is 3.23. The molecule has 0 saturated heterocycles. The highest BCUT2D eigenvalue weighted by molar-refractivity contribution is 5.17. The van der Waals surface area contributed by atoms with Crippen molar-refractivity contribution < 1.29 is 8.81 Å². The Kier molecular flexibility index (Phi) is 2.52. The van der Waals surface area contributed by atoms with Crippen LogP contribution in [0.25, 0.3) is 0 Å². The standard InChI is InChI=1S/C9H14FNO/c1-7(2)9(10,6-11)8-3-4-12-5-8/h3-5,7H,6,11H2,1-2H3. The maximum Gasteiger partial charge on any atom is 0.153 e. The fourth-order valence-electron chi connectivity index (χ4n) is 1.19. The van der Waals surface area contributed by atoms with Crippen LogP contribution in [0, 0.1) is 5.92 Å². The van der Waals surface area contributed by atoms with Crippen molar-refractivity contribution in [2.75, 3.05) is 6.54 Å². The average molecular weight is 171 g/mol. The van der Waals surface area contributed by atoms with Gasteiger partial charge in [-0.05, 0) is 12.0 Å². The molecule has 12 heavy (non-hydrogen) atoms. The van der Waals surface area contributed by atoms with Gasteiger partial charge in [0.1, 0.15) is 0 Å². The van der Waals surface area contributed by atoms with Crippen LogP contribution in [0.2, 0.25) is 0 Å². The zero-order chi connectivity index (χ0) is 9.19. The molecule has 68 valence electrons. The number of nitrogens with two attached hydrogens (primary N) is 1. The van der Waals surface area contributed by atoms with Crippen LogP contribution in [0.1, 0.15) is 19.4 Å². The van der Waals surface area contributed by atoms with Crippen molar-refractivity contribution in [3.63, 3.8) is 0 Å². The number of rotatable bonds is 3. The molecule has 3 heteroatoms. The van der Waals surface area contributed by atoms with Crippen LogP contribution in [0.15, 0.2) is 23.0 Å². The lowest BCUT2D eigenvalue weighted by atomic mass is 9.87. The van der Waals surface area contributed by atoms with Gasteiger partial charge in [0, 0.05) is 12.1 Å². The zero-order valence-corrected chi connectivity index (χ0v) is 7.38. The monoisotopic (exact) mass is 171 g/mol. The van der Waals surface area contributed by atoms with Gasteiger partial charge in [0.15, 0.2) is 5.67 Å². The second kappa shape index (κ2) is 3.27. The minimum Gasteiger partial charge on any atom is -0.472 e. The Bertz CT molecular complexity index is 233. The van der Waals surface area contributed by atoms with Crippen molar-refractivity contribution in [2.45, 2.75) is 19.5 Å². The van der Waals surface area contributed by atoms with E-state index in [4.69, 9.17) is 10.2 Å². The normalized spacial score (nSPS) is 16.4. The molecule has 0 aliphatic heterocycles. The van der Waals surface area contributed by atoms with Crippen molar-refractivity contribution in [1.29, 1.82) is 0 Å². The molecule has 1 aromatic rings. The van der Waals surface area contributed by atoms with Crippen molar-refractivity contribution in [1.82, 2.24) is 0 Å². The molecule has 1 aromatic heterocycles. The molecule has 0 aliphatic rings. The Labute approximate surface area is 71.6 Å². The largest absolute Gasteiger partial charge is 0.472 e. The smallest absolute Gasteiger partial charge is 0.153 e. The summed E-state index contributed by atoms with van der Waals surface area (Å²) in [6.45, 7) is 3.60. The first-order valence-corrected chi connectivity index (χ1v) is 4.03. The molecule has 2 nitrogen and oxygen atoms in total. The topological polar surface area (TPSA) is 39.2 Å². The molecular weight excluding hydrogens is 157 g/mol. The Morgan fingerprint density at radius 2 is 2.33 bits per heavy atom. The van der Waals surface area contributed by atoms with Gasteiger partial charge in [-0.1, -0.05) is 13.8 Å². The van der Waals surface area contributed by atoms with E-state index in [-0.39, 0.29) is 12.5 Å². The average Bonchev–Trinajstić information content (AvgIpc) is 2.54. The van der Waals surface area contributed by atoms with Gasteiger partial charge in [-0.25, -0.2) is 4.39 Å². The highest BCUT2D eigenvalue weighted by Crippen LogP contribution is 2.32. The Morgan fingerprint density at radius 3 is 2.67 bits per heavy atom. The third-order valence-corrected chi connectivity index (χ3v) is 2.21. The molecule has 0 radical (unpaired) electrons. The summed E-state index contributed by atoms with van der Waals surface area (Å²) < 4.78 is 18.8. The highest BCUT2D eigenvalue weighted by atomic mass is 19.1. The minimum absolute atomic E-state index is 0.00972. The second-order valence-corrected chi connectivity index (χ2v) is 3.23. The van der Waals surface area contributed by atoms with Gasteiger partial charge >= 0.3 is 0 Å². The summed E-state index contributed by atoms with van der Waals surface area (Å²) in [5, 5.41) is 0. The van der Waals surface area contributed by atoms with Crippen molar-refractivity contribution in [3.05, 3.63) is 24.2 Å². The molecular formula is C9H14FNO. The van der Waals surface area contributed by atoms with Crippen molar-refractivity contribution >= 4 is 0 Å². The van der Waals surface area contributed by atoms with Gasteiger partial charge in [0.2, 0.25) is 0 Å². The Balaban J connectivity index is 2.96. The van der Waals surface area contributed by atoms with E-state index in [9.17, 15) is 4.39 Å². The van der Waals surface area contributed by atoms with Crippen LogP contribution in [-0.2, 0) is 5.67 Å². The first kappa shape index (κ1) is 9.26. The van der Waals surface area contributed by atoms with E-state index in [1.165, 1.54) is 12.5 Å². The molecule has 0 aromatic carbocycles. The molecule has 1 heterocycles. The zero-order valence-electron chi connectivity index (χ0n) is 7.38. The molecule has 0 saturated carbocycles. The molecule has 0 aliphatic carbocycles. The van der Waals surface area contributed by atoms with Crippen LogP contribution in [-0.4, -0.2) is 6.54 Å². The quantitative estimate of drug-likeness (QED) is 0.756. The van der Waals surface area contributed by atoms with E-state index >= 15 is 0 Å². The summed E-state index contributed by atoms with van der Waals surface area (Å²) in [5.74, 6) is -0.139. The molecule has 1 atom stereocenters. The fraction of sp³-hybridized carbons (Fsp3) is 0.556. The van der Waals surface area contributed by atoms with Gasteiger partial charge in [0.05, 0.1) is 12.5 Å². The predicted octanol–water partition coefficient (Wildman–Crippen LogP) is 2.06. The maximum atomic E-state index is 14.0. The summed E-state index contributed by atoms with van der Waals surface area (Å²) in [6.07, 6.45) is 2.87. The third-order valence-electron chi connectivity index (χ3n) is 2.21. The lowest BCUT2D eigenvalue weighted by Gasteiger charge is -2.26. The number of hydrogen-bond donors (Lipinski definition) is 1. The van der Waals surface area contributed by atoms with Crippen LogP contribution in [0.5, 0.6) is 0 Å². The lowest BCUT2D eigenvalue weighted by Crippen LogP contribution is -2.35. The summed E-state index contributed by atoms with van der Waals surface area (Å²) >= 11 is 0. The molecule has 0 fully saturated rings. The Morgan fingerprint density at radius 1 is 1.67 bits per heavy atom. The fourth-order valence-corrected chi connectivity index (χ4v) is 1.19. The Hall–Kier alpha value is -0.830. The van der Waals surface area contributed by atoms with Gasteiger partial charge in [0.25, 0.3) is 0 Å². The molecule has 1 rings (SSSR count). The van der Waals surface area contributed by atoms with Gasteiger partial charge in [-0.2, -0.15) is 0 Å². The van der Waals surface area contributed by atoms with Crippen LogP contribution in [0.4, 0.5) is 4.39 Å². The predicted molar refractivity (Wildman–Crippen MR) is 45.4 cm³/mol. The lowest BCUT2D eigenvalue weighted by molar-refractivity contribution is 0.108. The summed E-state index contributed by atoms with van der Waals surface area (Å²) in [4.78, 5) is 0. The van der Waals surface area contributed by atoms with E-state index < -0.39 is 5.67 Å². The van der Waals surface area contributed by atoms with Crippen molar-refractivity contribution in [3.8, 4) is 0 Å². The third kappa shape index (κ3) is 1.37. The molecule has 1 unspecified atom stereocenters. The SMILES string of the molecule is CC(C)C(F)(CN)c1ccoc1. The number of halogens is 1. The molecule has 0 amide bonds. The van der Waals surface area contributed by atoms with Crippen LogP contribution < -0.4 is 5.73 Å². The number of hydrogen-bond acceptors (Lipinski definition) is 2. The first-order chi connectivity index (χ1) is 5.61. The number of alkyl halides is 1. The van der Waals surface area contributed by atoms with E-state index in [1.54, 1.807) is 19.9 Å². The number of furan rings is 1. The molecule has 0 bridgehead atoms. The maximum absolute atomic E-state index is 14.0. The molecule has 0 spiro atoms. The minimum atomic E-state index is -1.45.